The molecule has 3 saturated carbocycles. The molecule has 4 aliphatic rings. The highest BCUT2D eigenvalue weighted by Gasteiger charge is 2.70. The Hall–Kier alpha value is -1.73. The van der Waals surface area contributed by atoms with E-state index in [9.17, 15) is 24.6 Å². The van der Waals surface area contributed by atoms with Gasteiger partial charge in [0.2, 0.25) is 6.10 Å². The van der Waals surface area contributed by atoms with Crippen LogP contribution in [0.4, 0.5) is 0 Å². The molecule has 4 aliphatic carbocycles. The third-order valence-electron chi connectivity index (χ3n) is 9.24. The van der Waals surface area contributed by atoms with E-state index in [0.717, 1.165) is 24.8 Å². The van der Waals surface area contributed by atoms with Gasteiger partial charge in [-0.2, -0.15) is 0 Å². The highest BCUT2D eigenvalue weighted by Crippen LogP contribution is 2.68. The second-order valence-electron chi connectivity index (χ2n) is 10.6. The summed E-state index contributed by atoms with van der Waals surface area (Å²) in [5.41, 5.74) is -1.49. The molecular formula is C24H34O7. The maximum Gasteiger partial charge on any atom is 0.350 e. The van der Waals surface area contributed by atoms with Gasteiger partial charge in [0, 0.05) is 18.8 Å². The van der Waals surface area contributed by atoms with Crippen LogP contribution in [0.5, 0.6) is 0 Å². The lowest BCUT2D eigenvalue weighted by Gasteiger charge is -2.61. The fourth-order valence-corrected chi connectivity index (χ4v) is 7.77. The number of esters is 2. The zero-order chi connectivity index (χ0) is 22.8. The lowest BCUT2D eigenvalue weighted by Crippen LogP contribution is -2.64. The van der Waals surface area contributed by atoms with E-state index in [-0.39, 0.29) is 29.0 Å². The predicted octanol–water partition coefficient (Wildman–Crippen LogP) is 2.32. The van der Waals surface area contributed by atoms with Crippen LogP contribution in [0.15, 0.2) is 11.6 Å². The summed E-state index contributed by atoms with van der Waals surface area (Å²) in [4.78, 5) is 36.3. The lowest BCUT2D eigenvalue weighted by atomic mass is 9.45. The minimum Gasteiger partial charge on any atom is -0.466 e. The molecule has 0 saturated heterocycles. The van der Waals surface area contributed by atoms with Gasteiger partial charge in [0.1, 0.15) is 5.60 Å². The van der Waals surface area contributed by atoms with Crippen LogP contribution >= 0.6 is 0 Å². The van der Waals surface area contributed by atoms with Crippen molar-refractivity contribution in [3.05, 3.63) is 11.6 Å². The summed E-state index contributed by atoms with van der Waals surface area (Å²) in [6, 6.07) is 0. The average Bonchev–Trinajstić information content (AvgIpc) is 2.97. The number of fused-ring (bicyclic) bond motifs is 5. The Morgan fingerprint density at radius 1 is 1.19 bits per heavy atom. The zero-order valence-corrected chi connectivity index (χ0v) is 18.8. The summed E-state index contributed by atoms with van der Waals surface area (Å²) in [6.07, 6.45) is 3.86. The van der Waals surface area contributed by atoms with Gasteiger partial charge < -0.3 is 19.7 Å². The standard InChI is InChI=1S/C24H34O7/c1-13(25)31-20(21(28)30-4)24(29)10-8-17-16-6-5-14-11-15(26)7-9-22(14,2)19(16)18(27)12-23(17,24)3/h11,16-20,27,29H,5-10,12H2,1-4H3/t16-,17-,18-,19+,20+,22-,23-,24-/m0/s1. The first-order valence-corrected chi connectivity index (χ1v) is 11.4. The van der Waals surface area contributed by atoms with Gasteiger partial charge >= 0.3 is 11.9 Å². The minimum atomic E-state index is -1.61. The number of rotatable bonds is 3. The van der Waals surface area contributed by atoms with Gasteiger partial charge in [0.05, 0.1) is 13.2 Å². The molecule has 172 valence electrons. The fraction of sp³-hybridized carbons (Fsp3) is 0.792. The Balaban J connectivity index is 1.72. The summed E-state index contributed by atoms with van der Waals surface area (Å²) in [5, 5.41) is 23.3. The molecular weight excluding hydrogens is 400 g/mol. The van der Waals surface area contributed by atoms with Gasteiger partial charge in [-0.3, -0.25) is 9.59 Å². The van der Waals surface area contributed by atoms with E-state index in [1.807, 2.05) is 6.92 Å². The van der Waals surface area contributed by atoms with Crippen LogP contribution in [-0.2, 0) is 23.9 Å². The van der Waals surface area contributed by atoms with Crippen LogP contribution in [0.2, 0.25) is 0 Å². The van der Waals surface area contributed by atoms with Crippen molar-refractivity contribution in [1.82, 2.24) is 0 Å². The number of allylic oxidation sites excluding steroid dienone is 1. The smallest absolute Gasteiger partial charge is 0.350 e. The van der Waals surface area contributed by atoms with Gasteiger partial charge in [-0.1, -0.05) is 19.4 Å². The Kier molecular flexibility index (Phi) is 5.37. The SMILES string of the molecule is COC(=O)[C@@H](OC(C)=O)[C@@]1(O)CC[C@H]2[C@@H]3CCC4=CC(=O)CC[C@]4(C)[C@H]3[C@@H](O)C[C@@]21C. The van der Waals surface area contributed by atoms with E-state index in [2.05, 4.69) is 6.92 Å². The van der Waals surface area contributed by atoms with E-state index in [4.69, 9.17) is 9.47 Å². The molecule has 4 rings (SSSR count). The molecule has 7 heteroatoms. The molecule has 0 aliphatic heterocycles. The number of ether oxygens (including phenoxy) is 2. The maximum atomic E-state index is 12.5. The second-order valence-corrected chi connectivity index (χ2v) is 10.6. The summed E-state index contributed by atoms with van der Waals surface area (Å²) in [7, 11) is 1.21. The number of ketones is 1. The molecule has 0 amide bonds. The zero-order valence-electron chi connectivity index (χ0n) is 18.8. The highest BCUT2D eigenvalue weighted by atomic mass is 16.6. The Bertz CT molecular complexity index is 834. The van der Waals surface area contributed by atoms with Crippen molar-refractivity contribution in [2.24, 2.45) is 28.6 Å². The molecule has 0 spiro atoms. The Morgan fingerprint density at radius 2 is 1.90 bits per heavy atom. The van der Waals surface area contributed by atoms with Gasteiger partial charge in [0.25, 0.3) is 0 Å². The number of aliphatic hydroxyl groups is 2. The molecule has 0 aromatic carbocycles. The lowest BCUT2D eigenvalue weighted by molar-refractivity contribution is -0.220. The molecule has 0 aromatic rings. The first kappa shape index (κ1) is 22.5. The molecule has 0 unspecified atom stereocenters. The van der Waals surface area contributed by atoms with Gasteiger partial charge in [-0.15, -0.1) is 0 Å². The molecule has 7 nitrogen and oxygen atoms in total. The quantitative estimate of drug-likeness (QED) is 0.656. The van der Waals surface area contributed by atoms with E-state index in [1.165, 1.54) is 14.0 Å². The normalized spacial score (nSPS) is 45.0. The third kappa shape index (κ3) is 3.10. The predicted molar refractivity (Wildman–Crippen MR) is 111 cm³/mol. The van der Waals surface area contributed by atoms with Crippen LogP contribution in [0.3, 0.4) is 0 Å². The molecule has 3 fully saturated rings. The topological polar surface area (TPSA) is 110 Å². The average molecular weight is 435 g/mol. The molecule has 0 aromatic heterocycles. The van der Waals surface area contributed by atoms with Crippen molar-refractivity contribution in [3.8, 4) is 0 Å². The number of methoxy groups -OCH3 is 1. The van der Waals surface area contributed by atoms with E-state index >= 15 is 0 Å². The number of carbonyl (C=O) groups is 3. The molecule has 0 radical (unpaired) electrons. The van der Waals surface area contributed by atoms with Crippen molar-refractivity contribution in [3.63, 3.8) is 0 Å². The maximum absolute atomic E-state index is 12.5. The van der Waals surface area contributed by atoms with E-state index in [1.54, 1.807) is 6.08 Å². The van der Waals surface area contributed by atoms with Crippen LogP contribution in [-0.4, -0.2) is 52.9 Å². The summed E-state index contributed by atoms with van der Waals surface area (Å²) < 4.78 is 10.2. The first-order chi connectivity index (χ1) is 14.5. The van der Waals surface area contributed by atoms with Crippen LogP contribution in [0.1, 0.15) is 65.7 Å². The van der Waals surface area contributed by atoms with Crippen LogP contribution in [0, 0.1) is 28.6 Å². The number of hydrogen-bond acceptors (Lipinski definition) is 7. The van der Waals surface area contributed by atoms with Gasteiger partial charge in [-0.25, -0.2) is 4.79 Å². The largest absolute Gasteiger partial charge is 0.466 e. The molecule has 0 heterocycles. The molecule has 2 N–H and O–H groups in total. The number of aliphatic hydroxyl groups excluding tert-OH is 1. The van der Waals surface area contributed by atoms with E-state index < -0.39 is 35.2 Å². The van der Waals surface area contributed by atoms with E-state index in [0.29, 0.717) is 25.7 Å². The fourth-order valence-electron chi connectivity index (χ4n) is 7.77. The van der Waals surface area contributed by atoms with Crippen molar-refractivity contribution in [2.45, 2.75) is 83.5 Å². The van der Waals surface area contributed by atoms with Crippen LogP contribution in [0.25, 0.3) is 0 Å². The Morgan fingerprint density at radius 3 is 2.55 bits per heavy atom. The number of carbonyl (C=O) groups excluding carboxylic acids is 3. The third-order valence-corrected chi connectivity index (χ3v) is 9.24. The van der Waals surface area contributed by atoms with Crippen molar-refractivity contribution < 1.29 is 34.1 Å². The molecule has 8 atom stereocenters. The van der Waals surface area contributed by atoms with Crippen molar-refractivity contribution in [2.75, 3.05) is 7.11 Å². The molecule has 31 heavy (non-hydrogen) atoms. The number of hydrogen-bond donors (Lipinski definition) is 2. The minimum absolute atomic E-state index is 0.00586. The summed E-state index contributed by atoms with van der Waals surface area (Å²) in [6.45, 7) is 5.30. The molecule has 0 bridgehead atoms. The van der Waals surface area contributed by atoms with Crippen LogP contribution < -0.4 is 0 Å². The van der Waals surface area contributed by atoms with Crippen molar-refractivity contribution in [1.29, 1.82) is 0 Å². The van der Waals surface area contributed by atoms with Crippen molar-refractivity contribution >= 4 is 17.7 Å². The highest BCUT2D eigenvalue weighted by molar-refractivity contribution is 5.91. The first-order valence-electron chi connectivity index (χ1n) is 11.4. The van der Waals surface area contributed by atoms with Gasteiger partial charge in [0.15, 0.2) is 5.78 Å². The van der Waals surface area contributed by atoms with Gasteiger partial charge in [-0.05, 0) is 67.8 Å². The monoisotopic (exact) mass is 434 g/mol. The second kappa shape index (κ2) is 7.41. The summed E-state index contributed by atoms with van der Waals surface area (Å²) >= 11 is 0. The Labute approximate surface area is 183 Å². The summed E-state index contributed by atoms with van der Waals surface area (Å²) in [5.74, 6) is -1.02.